The number of rotatable bonds is 4. The summed E-state index contributed by atoms with van der Waals surface area (Å²) < 4.78 is 0. The molecule has 6 heteroatoms. The highest BCUT2D eigenvalue weighted by Gasteiger charge is 2.31. The minimum absolute atomic E-state index is 0.0317. The maximum Gasteiger partial charge on any atom is 0.244 e. The van der Waals surface area contributed by atoms with Crippen LogP contribution in [-0.4, -0.2) is 53.9 Å². The van der Waals surface area contributed by atoms with Crippen LogP contribution < -0.4 is 10.6 Å². The van der Waals surface area contributed by atoms with Gasteiger partial charge in [-0.05, 0) is 18.6 Å². The fourth-order valence-corrected chi connectivity index (χ4v) is 2.31. The summed E-state index contributed by atoms with van der Waals surface area (Å²) in [6.45, 7) is 4.22. The van der Waals surface area contributed by atoms with E-state index in [0.29, 0.717) is 26.2 Å². The van der Waals surface area contributed by atoms with Gasteiger partial charge in [-0.25, -0.2) is 0 Å². The van der Waals surface area contributed by atoms with Crippen LogP contribution in [0.2, 0.25) is 0 Å². The molecule has 2 N–H and O–H groups in total. The van der Waals surface area contributed by atoms with Crippen LogP contribution in [0.3, 0.4) is 0 Å². The predicted molar refractivity (Wildman–Crippen MR) is 75.0 cm³/mol. The molecule has 108 valence electrons. The Labute approximate surface area is 118 Å². The number of aromatic nitrogens is 1. The number of nitrogens with one attached hydrogen (secondary N) is 2. The van der Waals surface area contributed by atoms with Crippen molar-refractivity contribution in [3.8, 4) is 0 Å². The zero-order valence-corrected chi connectivity index (χ0v) is 11.6. The largest absolute Gasteiger partial charge is 0.355 e. The first kappa shape index (κ1) is 14.5. The fourth-order valence-electron chi connectivity index (χ4n) is 2.31. The summed E-state index contributed by atoms with van der Waals surface area (Å²) in [7, 11) is 0. The van der Waals surface area contributed by atoms with Crippen molar-refractivity contribution in [2.24, 2.45) is 0 Å². The van der Waals surface area contributed by atoms with Gasteiger partial charge >= 0.3 is 0 Å². The van der Waals surface area contributed by atoms with Crippen molar-refractivity contribution in [1.82, 2.24) is 20.5 Å². The second-order valence-corrected chi connectivity index (χ2v) is 4.74. The number of hydrogen-bond donors (Lipinski definition) is 2. The number of amides is 2. The monoisotopic (exact) mass is 276 g/mol. The van der Waals surface area contributed by atoms with Crippen LogP contribution in [0.25, 0.3) is 0 Å². The molecule has 0 aliphatic carbocycles. The van der Waals surface area contributed by atoms with Crippen LogP contribution in [0.4, 0.5) is 0 Å². The lowest BCUT2D eigenvalue weighted by Crippen LogP contribution is -2.59. The van der Waals surface area contributed by atoms with E-state index in [2.05, 4.69) is 15.6 Å². The molecule has 2 rings (SSSR count). The molecular formula is C14H20N4O2. The van der Waals surface area contributed by atoms with E-state index in [0.717, 1.165) is 5.56 Å². The van der Waals surface area contributed by atoms with E-state index in [9.17, 15) is 9.59 Å². The molecule has 1 saturated heterocycles. The van der Waals surface area contributed by atoms with E-state index in [4.69, 9.17) is 0 Å². The van der Waals surface area contributed by atoms with Crippen molar-refractivity contribution < 1.29 is 9.59 Å². The average Bonchev–Trinajstić information content (AvgIpc) is 2.48. The van der Waals surface area contributed by atoms with Crippen molar-refractivity contribution in [2.75, 3.05) is 26.2 Å². The van der Waals surface area contributed by atoms with Crippen molar-refractivity contribution in [2.45, 2.75) is 19.4 Å². The van der Waals surface area contributed by atoms with Crippen LogP contribution in [0.15, 0.2) is 24.5 Å². The molecule has 0 aromatic carbocycles. The summed E-state index contributed by atoms with van der Waals surface area (Å²) in [6.07, 6.45) is 3.64. The molecule has 1 fully saturated rings. The molecule has 2 amide bonds. The third kappa shape index (κ3) is 3.54. The topological polar surface area (TPSA) is 74.3 Å². The average molecular weight is 276 g/mol. The second-order valence-electron chi connectivity index (χ2n) is 4.74. The van der Waals surface area contributed by atoms with Gasteiger partial charge < -0.3 is 15.5 Å². The second kappa shape index (κ2) is 7.00. The highest BCUT2D eigenvalue weighted by molar-refractivity contribution is 5.88. The Morgan fingerprint density at radius 1 is 1.55 bits per heavy atom. The Morgan fingerprint density at radius 2 is 2.40 bits per heavy atom. The van der Waals surface area contributed by atoms with E-state index >= 15 is 0 Å². The lowest BCUT2D eigenvalue weighted by Gasteiger charge is -2.35. The zero-order chi connectivity index (χ0) is 14.4. The highest BCUT2D eigenvalue weighted by atomic mass is 16.2. The van der Waals surface area contributed by atoms with Gasteiger partial charge in [-0.2, -0.15) is 0 Å². The van der Waals surface area contributed by atoms with Gasteiger partial charge in [0.1, 0.15) is 6.04 Å². The Balaban J connectivity index is 2.03. The molecule has 20 heavy (non-hydrogen) atoms. The van der Waals surface area contributed by atoms with Gasteiger partial charge in [0.25, 0.3) is 0 Å². The molecule has 1 aromatic heterocycles. The quantitative estimate of drug-likeness (QED) is 0.782. The van der Waals surface area contributed by atoms with Gasteiger partial charge in [0, 0.05) is 38.6 Å². The number of pyridine rings is 1. The maximum atomic E-state index is 12.4. The number of carbonyl (C=O) groups is 2. The van der Waals surface area contributed by atoms with Crippen LogP contribution >= 0.6 is 0 Å². The summed E-state index contributed by atoms with van der Waals surface area (Å²) in [4.78, 5) is 30.1. The number of carbonyl (C=O) groups excluding carboxylic acids is 2. The van der Waals surface area contributed by atoms with Gasteiger partial charge in [-0.1, -0.05) is 6.07 Å². The van der Waals surface area contributed by atoms with Crippen molar-refractivity contribution in [3.05, 3.63) is 30.1 Å². The Morgan fingerprint density at radius 3 is 3.10 bits per heavy atom. The van der Waals surface area contributed by atoms with Crippen molar-refractivity contribution in [1.29, 1.82) is 0 Å². The van der Waals surface area contributed by atoms with Crippen LogP contribution in [0, 0.1) is 0 Å². The first-order valence-corrected chi connectivity index (χ1v) is 6.89. The van der Waals surface area contributed by atoms with Crippen LogP contribution in [0.5, 0.6) is 0 Å². The number of likely N-dealkylation sites (N-methyl/N-ethyl adjacent to an activating group) is 1. The van der Waals surface area contributed by atoms with Crippen LogP contribution in [0.1, 0.15) is 12.5 Å². The molecule has 6 nitrogen and oxygen atoms in total. The maximum absolute atomic E-state index is 12.4. The van der Waals surface area contributed by atoms with E-state index in [1.807, 2.05) is 19.1 Å². The summed E-state index contributed by atoms with van der Waals surface area (Å²) in [6, 6.07) is 3.25. The third-order valence-corrected chi connectivity index (χ3v) is 3.30. The SMILES string of the molecule is CCNC(=O)C1CNCCN1C(=O)Cc1cccnc1. The normalized spacial score (nSPS) is 18.6. The summed E-state index contributed by atoms with van der Waals surface area (Å²) in [5.41, 5.74) is 0.866. The van der Waals surface area contributed by atoms with Gasteiger partial charge in [-0.15, -0.1) is 0 Å². The minimum Gasteiger partial charge on any atom is -0.355 e. The number of piperazine rings is 1. The molecule has 0 saturated carbocycles. The molecule has 1 aromatic rings. The Hall–Kier alpha value is -1.95. The first-order chi connectivity index (χ1) is 9.72. The van der Waals surface area contributed by atoms with E-state index in [1.165, 1.54) is 0 Å². The molecule has 1 atom stereocenters. The van der Waals surface area contributed by atoms with Gasteiger partial charge in [0.2, 0.25) is 11.8 Å². The predicted octanol–water partition coefficient (Wildman–Crippen LogP) is -0.439. The zero-order valence-electron chi connectivity index (χ0n) is 11.6. The van der Waals surface area contributed by atoms with Crippen LogP contribution in [-0.2, 0) is 16.0 Å². The summed E-state index contributed by atoms with van der Waals surface area (Å²) in [5.74, 6) is -0.130. The van der Waals surface area contributed by atoms with E-state index < -0.39 is 6.04 Å². The number of hydrogen-bond acceptors (Lipinski definition) is 4. The van der Waals surface area contributed by atoms with E-state index in [1.54, 1.807) is 17.3 Å². The lowest BCUT2D eigenvalue weighted by atomic mass is 10.1. The van der Waals surface area contributed by atoms with Gasteiger partial charge in [-0.3, -0.25) is 14.6 Å². The molecule has 0 radical (unpaired) electrons. The molecule has 1 aliphatic rings. The van der Waals surface area contributed by atoms with E-state index in [-0.39, 0.29) is 18.2 Å². The van der Waals surface area contributed by atoms with Crippen molar-refractivity contribution in [3.63, 3.8) is 0 Å². The van der Waals surface area contributed by atoms with Gasteiger partial charge in [0.15, 0.2) is 0 Å². The molecular weight excluding hydrogens is 256 g/mol. The number of nitrogens with zero attached hydrogens (tertiary/aromatic N) is 2. The molecule has 0 spiro atoms. The molecule has 2 heterocycles. The summed E-state index contributed by atoms with van der Waals surface area (Å²) >= 11 is 0. The Kier molecular flexibility index (Phi) is 5.06. The fraction of sp³-hybridized carbons (Fsp3) is 0.500. The highest BCUT2D eigenvalue weighted by Crippen LogP contribution is 2.08. The third-order valence-electron chi connectivity index (χ3n) is 3.30. The van der Waals surface area contributed by atoms with Crippen molar-refractivity contribution >= 4 is 11.8 Å². The first-order valence-electron chi connectivity index (χ1n) is 6.89. The lowest BCUT2D eigenvalue weighted by molar-refractivity contribution is -0.141. The molecule has 1 unspecified atom stereocenters. The standard InChI is InChI=1S/C14H20N4O2/c1-2-17-14(20)12-10-16-6-7-18(12)13(19)8-11-4-3-5-15-9-11/h3-5,9,12,16H,2,6-8,10H2,1H3,(H,17,20). The van der Waals surface area contributed by atoms with Gasteiger partial charge in [0.05, 0.1) is 6.42 Å². The smallest absolute Gasteiger partial charge is 0.244 e. The molecule has 0 bridgehead atoms. The molecule has 1 aliphatic heterocycles. The Bertz CT molecular complexity index is 464. The minimum atomic E-state index is -0.423. The summed E-state index contributed by atoms with van der Waals surface area (Å²) in [5, 5.41) is 5.93.